The Labute approximate surface area is 101 Å². The first-order valence-electron chi connectivity index (χ1n) is 5.60. The lowest BCUT2D eigenvalue weighted by Gasteiger charge is -2.17. The minimum Gasteiger partial charge on any atom is -0.347 e. The summed E-state index contributed by atoms with van der Waals surface area (Å²) < 4.78 is 0. The van der Waals surface area contributed by atoms with Gasteiger partial charge in [-0.05, 0) is 30.7 Å². The van der Waals surface area contributed by atoms with Crippen LogP contribution in [0.15, 0.2) is 17.5 Å². The van der Waals surface area contributed by atoms with Crippen molar-refractivity contribution in [3.63, 3.8) is 0 Å². The molecule has 0 fully saturated rings. The van der Waals surface area contributed by atoms with Gasteiger partial charge in [-0.1, -0.05) is 19.9 Å². The van der Waals surface area contributed by atoms with Crippen LogP contribution in [0.2, 0.25) is 0 Å². The van der Waals surface area contributed by atoms with Crippen LogP contribution in [0.3, 0.4) is 0 Å². The number of amides is 1. The van der Waals surface area contributed by atoms with Crippen LogP contribution in [0.4, 0.5) is 0 Å². The highest BCUT2D eigenvalue weighted by Gasteiger charge is 2.17. The second-order valence-corrected chi connectivity index (χ2v) is 5.46. The van der Waals surface area contributed by atoms with E-state index >= 15 is 0 Å². The molecule has 90 valence electrons. The summed E-state index contributed by atoms with van der Waals surface area (Å²) in [7, 11) is 0. The van der Waals surface area contributed by atoms with E-state index in [9.17, 15) is 4.79 Å². The molecule has 0 radical (unpaired) electrons. The molecular weight excluding hydrogens is 220 g/mol. The third-order valence-electron chi connectivity index (χ3n) is 2.39. The van der Waals surface area contributed by atoms with Crippen molar-refractivity contribution in [2.75, 3.05) is 0 Å². The third-order valence-corrected chi connectivity index (χ3v) is 3.45. The number of nitrogens with one attached hydrogen (secondary N) is 1. The molecule has 0 aliphatic heterocycles. The third kappa shape index (κ3) is 3.94. The Morgan fingerprint density at radius 2 is 2.19 bits per heavy atom. The van der Waals surface area contributed by atoms with Gasteiger partial charge in [0.1, 0.15) is 0 Å². The molecule has 0 saturated heterocycles. The minimum atomic E-state index is -0.401. The molecule has 1 rings (SSSR count). The minimum absolute atomic E-state index is 0.0470. The lowest BCUT2D eigenvalue weighted by molar-refractivity contribution is -0.123. The normalized spacial score (nSPS) is 14.8. The molecule has 0 aliphatic rings. The molecule has 0 aromatic carbocycles. The smallest absolute Gasteiger partial charge is 0.237 e. The second-order valence-electron chi connectivity index (χ2n) is 4.48. The number of hydrogen-bond acceptors (Lipinski definition) is 3. The zero-order chi connectivity index (χ0) is 12.1. The quantitative estimate of drug-likeness (QED) is 0.829. The van der Waals surface area contributed by atoms with Crippen LogP contribution in [0.25, 0.3) is 0 Å². The van der Waals surface area contributed by atoms with Gasteiger partial charge in [-0.2, -0.15) is 0 Å². The Bertz CT molecular complexity index is 322. The highest BCUT2D eigenvalue weighted by molar-refractivity contribution is 7.10. The van der Waals surface area contributed by atoms with Crippen LogP contribution in [0.1, 0.15) is 38.1 Å². The van der Waals surface area contributed by atoms with Crippen molar-refractivity contribution in [2.45, 2.75) is 39.3 Å². The van der Waals surface area contributed by atoms with Crippen molar-refractivity contribution in [3.8, 4) is 0 Å². The van der Waals surface area contributed by atoms with E-state index in [0.29, 0.717) is 5.92 Å². The average molecular weight is 240 g/mol. The molecule has 1 aromatic heterocycles. The van der Waals surface area contributed by atoms with Crippen LogP contribution in [0.5, 0.6) is 0 Å². The molecule has 4 heteroatoms. The van der Waals surface area contributed by atoms with E-state index in [2.05, 4.69) is 19.2 Å². The number of carbonyl (C=O) groups is 1. The van der Waals surface area contributed by atoms with E-state index in [0.717, 1.165) is 11.3 Å². The fourth-order valence-corrected chi connectivity index (χ4v) is 2.28. The highest BCUT2D eigenvalue weighted by Crippen LogP contribution is 2.18. The summed E-state index contributed by atoms with van der Waals surface area (Å²) in [6, 6.07) is 3.65. The van der Waals surface area contributed by atoms with Gasteiger partial charge in [0.25, 0.3) is 0 Å². The van der Waals surface area contributed by atoms with Gasteiger partial charge in [-0.25, -0.2) is 0 Å². The molecule has 1 heterocycles. The first kappa shape index (κ1) is 13.2. The van der Waals surface area contributed by atoms with Crippen LogP contribution in [-0.2, 0) is 4.79 Å². The molecule has 1 aromatic rings. The molecule has 0 bridgehead atoms. The second kappa shape index (κ2) is 6.01. The molecule has 3 N–H and O–H groups in total. The molecule has 0 saturated carbocycles. The van der Waals surface area contributed by atoms with Crippen LogP contribution in [0, 0.1) is 5.92 Å². The Kier molecular flexibility index (Phi) is 4.96. The molecule has 0 aliphatic carbocycles. The maximum absolute atomic E-state index is 11.8. The summed E-state index contributed by atoms with van der Waals surface area (Å²) in [6.45, 7) is 6.11. The number of carbonyl (C=O) groups excluding carboxylic acids is 1. The van der Waals surface area contributed by atoms with E-state index in [1.807, 2.05) is 24.4 Å². The summed E-state index contributed by atoms with van der Waals surface area (Å²) in [6.07, 6.45) is 0.725. The van der Waals surface area contributed by atoms with Crippen molar-refractivity contribution in [1.29, 1.82) is 0 Å². The van der Waals surface area contributed by atoms with E-state index in [4.69, 9.17) is 5.73 Å². The fourth-order valence-electron chi connectivity index (χ4n) is 1.54. The van der Waals surface area contributed by atoms with Crippen molar-refractivity contribution in [2.24, 2.45) is 11.7 Å². The Hall–Kier alpha value is -0.870. The fraction of sp³-hybridized carbons (Fsp3) is 0.583. The van der Waals surface area contributed by atoms with Crippen molar-refractivity contribution in [3.05, 3.63) is 22.4 Å². The molecule has 0 unspecified atom stereocenters. The molecule has 1 amide bonds. The largest absolute Gasteiger partial charge is 0.347 e. The van der Waals surface area contributed by atoms with E-state index in [1.165, 1.54) is 0 Å². The Balaban J connectivity index is 2.45. The van der Waals surface area contributed by atoms with Gasteiger partial charge in [0.2, 0.25) is 5.91 Å². The number of thiophene rings is 1. The molecule has 2 atom stereocenters. The molecule has 0 spiro atoms. The average Bonchev–Trinajstić information content (AvgIpc) is 2.68. The number of nitrogens with two attached hydrogens (primary N) is 1. The van der Waals surface area contributed by atoms with Crippen LogP contribution < -0.4 is 11.1 Å². The van der Waals surface area contributed by atoms with Crippen LogP contribution >= 0.6 is 11.3 Å². The van der Waals surface area contributed by atoms with Gasteiger partial charge >= 0.3 is 0 Å². The van der Waals surface area contributed by atoms with E-state index < -0.39 is 6.04 Å². The maximum Gasteiger partial charge on any atom is 0.237 e. The summed E-state index contributed by atoms with van der Waals surface area (Å²) in [5.41, 5.74) is 5.81. The van der Waals surface area contributed by atoms with Crippen molar-refractivity contribution in [1.82, 2.24) is 5.32 Å². The first-order valence-corrected chi connectivity index (χ1v) is 6.48. The van der Waals surface area contributed by atoms with Gasteiger partial charge in [-0.3, -0.25) is 4.79 Å². The molecule has 16 heavy (non-hydrogen) atoms. The Morgan fingerprint density at radius 1 is 1.50 bits per heavy atom. The van der Waals surface area contributed by atoms with Gasteiger partial charge in [0, 0.05) is 4.88 Å². The predicted molar refractivity (Wildman–Crippen MR) is 68.3 cm³/mol. The Morgan fingerprint density at radius 3 is 2.69 bits per heavy atom. The molecular formula is C12H20N2OS. The zero-order valence-corrected chi connectivity index (χ0v) is 10.9. The first-order chi connectivity index (χ1) is 7.50. The van der Waals surface area contributed by atoms with Gasteiger partial charge in [0.15, 0.2) is 0 Å². The van der Waals surface area contributed by atoms with Crippen molar-refractivity contribution >= 4 is 17.2 Å². The van der Waals surface area contributed by atoms with Gasteiger partial charge < -0.3 is 11.1 Å². The molecule has 3 nitrogen and oxygen atoms in total. The standard InChI is InChI=1S/C12H20N2OS/c1-8(2)7-10(13)12(15)14-9(3)11-5-4-6-16-11/h4-6,8-10H,7,13H2,1-3H3,(H,14,15)/t9-,10+/m1/s1. The SMILES string of the molecule is CC(C)C[C@H](N)C(=O)N[C@H](C)c1cccs1. The lowest BCUT2D eigenvalue weighted by Crippen LogP contribution is -2.42. The summed E-state index contributed by atoms with van der Waals surface area (Å²) in [5.74, 6) is 0.382. The topological polar surface area (TPSA) is 55.1 Å². The van der Waals surface area contributed by atoms with E-state index in [-0.39, 0.29) is 11.9 Å². The number of hydrogen-bond donors (Lipinski definition) is 2. The summed E-state index contributed by atoms with van der Waals surface area (Å²) in [5, 5.41) is 4.94. The summed E-state index contributed by atoms with van der Waals surface area (Å²) in [4.78, 5) is 12.9. The predicted octanol–water partition coefficient (Wildman–Crippen LogP) is 2.30. The van der Waals surface area contributed by atoms with Gasteiger partial charge in [0.05, 0.1) is 12.1 Å². The van der Waals surface area contributed by atoms with Crippen LogP contribution in [-0.4, -0.2) is 11.9 Å². The highest BCUT2D eigenvalue weighted by atomic mass is 32.1. The number of rotatable bonds is 5. The van der Waals surface area contributed by atoms with Gasteiger partial charge in [-0.15, -0.1) is 11.3 Å². The zero-order valence-electron chi connectivity index (χ0n) is 10.1. The lowest BCUT2D eigenvalue weighted by atomic mass is 10.0. The van der Waals surface area contributed by atoms with E-state index in [1.54, 1.807) is 11.3 Å². The monoisotopic (exact) mass is 240 g/mol. The maximum atomic E-state index is 11.8. The summed E-state index contributed by atoms with van der Waals surface area (Å²) >= 11 is 1.64. The van der Waals surface area contributed by atoms with Crippen molar-refractivity contribution < 1.29 is 4.79 Å².